The van der Waals surface area contributed by atoms with Crippen LogP contribution in [-0.4, -0.2) is 49.4 Å². The number of aryl methyl sites for hydroxylation is 1. The Bertz CT molecular complexity index is 826. The van der Waals surface area contributed by atoms with Gasteiger partial charge in [0, 0.05) is 55.1 Å². The molecule has 1 saturated heterocycles. The normalized spacial score (nSPS) is 16.6. The highest BCUT2D eigenvalue weighted by atomic mass is 32.1. The van der Waals surface area contributed by atoms with Crippen LogP contribution in [0.25, 0.3) is 0 Å². The van der Waals surface area contributed by atoms with Crippen molar-refractivity contribution in [1.82, 2.24) is 10.2 Å². The van der Waals surface area contributed by atoms with Crippen LogP contribution in [0.1, 0.15) is 40.1 Å². The first kappa shape index (κ1) is 19.0. The number of fused-ring (bicyclic) bond motifs is 1. The molecular weight excluding hydrogens is 370 g/mol. The minimum absolute atomic E-state index is 0.0268. The standard InChI is InChI=1S/C22H27N3O2S/c26-21(25-14-12-24(13-15-25)17-6-2-1-3-7-17)10-11-23-22(27)19-16-28-20-9-5-4-8-18(19)20/h1-3,6-7,16H,4-5,8-15H2,(H,23,27). The van der Waals surface area contributed by atoms with Gasteiger partial charge in [-0.25, -0.2) is 0 Å². The number of carbonyl (C=O) groups is 2. The van der Waals surface area contributed by atoms with E-state index in [1.54, 1.807) is 11.3 Å². The van der Waals surface area contributed by atoms with Gasteiger partial charge in [0.05, 0.1) is 5.56 Å². The van der Waals surface area contributed by atoms with E-state index in [4.69, 9.17) is 0 Å². The number of rotatable bonds is 5. The maximum Gasteiger partial charge on any atom is 0.252 e. The van der Waals surface area contributed by atoms with E-state index in [9.17, 15) is 9.59 Å². The van der Waals surface area contributed by atoms with Gasteiger partial charge in [0.25, 0.3) is 5.91 Å². The van der Waals surface area contributed by atoms with Gasteiger partial charge in [-0.3, -0.25) is 9.59 Å². The molecule has 0 spiro atoms. The fourth-order valence-corrected chi connectivity index (χ4v) is 5.20. The zero-order valence-electron chi connectivity index (χ0n) is 16.2. The van der Waals surface area contributed by atoms with Crippen molar-refractivity contribution in [3.63, 3.8) is 0 Å². The molecule has 2 aromatic rings. The van der Waals surface area contributed by atoms with Gasteiger partial charge in [-0.2, -0.15) is 0 Å². The van der Waals surface area contributed by atoms with Crippen LogP contribution in [0.15, 0.2) is 35.7 Å². The largest absolute Gasteiger partial charge is 0.368 e. The molecule has 2 heterocycles. The molecule has 1 aromatic heterocycles. The van der Waals surface area contributed by atoms with Gasteiger partial charge in [0.1, 0.15) is 0 Å². The van der Waals surface area contributed by atoms with Gasteiger partial charge in [0.15, 0.2) is 0 Å². The highest BCUT2D eigenvalue weighted by molar-refractivity contribution is 7.10. The molecule has 5 nitrogen and oxygen atoms in total. The van der Waals surface area contributed by atoms with E-state index >= 15 is 0 Å². The molecule has 0 bridgehead atoms. The van der Waals surface area contributed by atoms with Crippen LogP contribution < -0.4 is 10.2 Å². The van der Waals surface area contributed by atoms with E-state index in [0.29, 0.717) is 13.0 Å². The SMILES string of the molecule is O=C(NCCC(=O)N1CCN(c2ccccc2)CC1)c1csc2c1CCCC2. The van der Waals surface area contributed by atoms with Crippen LogP contribution in [0.2, 0.25) is 0 Å². The Morgan fingerprint density at radius 2 is 1.75 bits per heavy atom. The van der Waals surface area contributed by atoms with Crippen LogP contribution in [0, 0.1) is 0 Å². The first-order valence-electron chi connectivity index (χ1n) is 10.2. The summed E-state index contributed by atoms with van der Waals surface area (Å²) >= 11 is 1.70. The molecule has 0 saturated carbocycles. The highest BCUT2D eigenvalue weighted by Gasteiger charge is 2.22. The molecule has 28 heavy (non-hydrogen) atoms. The summed E-state index contributed by atoms with van der Waals surface area (Å²) in [6, 6.07) is 10.3. The molecule has 4 rings (SSSR count). The Morgan fingerprint density at radius 1 is 1.00 bits per heavy atom. The third kappa shape index (κ3) is 4.22. The Morgan fingerprint density at radius 3 is 2.54 bits per heavy atom. The number of benzene rings is 1. The molecule has 1 aliphatic carbocycles. The second-order valence-electron chi connectivity index (χ2n) is 7.47. The first-order chi connectivity index (χ1) is 13.7. The van der Waals surface area contributed by atoms with Gasteiger partial charge in [0.2, 0.25) is 5.91 Å². The number of hydrogen-bond donors (Lipinski definition) is 1. The highest BCUT2D eigenvalue weighted by Crippen LogP contribution is 2.30. The molecule has 1 N–H and O–H groups in total. The average molecular weight is 398 g/mol. The molecule has 6 heteroatoms. The molecule has 2 amide bonds. The summed E-state index contributed by atoms with van der Waals surface area (Å²) in [4.78, 5) is 30.6. The Labute approximate surface area is 170 Å². The van der Waals surface area contributed by atoms with Crippen molar-refractivity contribution in [3.8, 4) is 0 Å². The van der Waals surface area contributed by atoms with Crippen molar-refractivity contribution >= 4 is 28.8 Å². The van der Waals surface area contributed by atoms with E-state index < -0.39 is 0 Å². The van der Waals surface area contributed by atoms with Crippen molar-refractivity contribution in [1.29, 1.82) is 0 Å². The summed E-state index contributed by atoms with van der Waals surface area (Å²) < 4.78 is 0. The van der Waals surface area contributed by atoms with Crippen LogP contribution >= 0.6 is 11.3 Å². The Balaban J connectivity index is 1.22. The van der Waals surface area contributed by atoms with E-state index in [1.807, 2.05) is 28.5 Å². The molecule has 148 valence electrons. The molecule has 1 aromatic carbocycles. The average Bonchev–Trinajstić information content (AvgIpc) is 3.19. The maximum atomic E-state index is 12.5. The number of carbonyl (C=O) groups excluding carboxylic acids is 2. The van der Waals surface area contributed by atoms with Crippen molar-refractivity contribution in [3.05, 3.63) is 51.7 Å². The lowest BCUT2D eigenvalue weighted by Crippen LogP contribution is -2.49. The van der Waals surface area contributed by atoms with Crippen molar-refractivity contribution in [2.75, 3.05) is 37.6 Å². The van der Waals surface area contributed by atoms with Crippen LogP contribution in [0.3, 0.4) is 0 Å². The summed E-state index contributed by atoms with van der Waals surface area (Å²) in [6.45, 7) is 3.58. The number of nitrogens with zero attached hydrogens (tertiary/aromatic N) is 2. The molecular formula is C22H27N3O2S. The molecule has 1 aliphatic heterocycles. The predicted molar refractivity (Wildman–Crippen MR) is 113 cm³/mol. The fraction of sp³-hybridized carbons (Fsp3) is 0.455. The van der Waals surface area contributed by atoms with Crippen LogP contribution in [0.4, 0.5) is 5.69 Å². The second-order valence-corrected chi connectivity index (χ2v) is 8.43. The molecule has 0 atom stereocenters. The zero-order valence-corrected chi connectivity index (χ0v) is 17.0. The second kappa shape index (κ2) is 8.78. The number of thiophene rings is 1. The topological polar surface area (TPSA) is 52.7 Å². The predicted octanol–water partition coefficient (Wildman–Crippen LogP) is 3.10. The van der Waals surface area contributed by atoms with Gasteiger partial charge in [-0.05, 0) is 43.4 Å². The minimum atomic E-state index is -0.0268. The van der Waals surface area contributed by atoms with Gasteiger partial charge >= 0.3 is 0 Å². The van der Waals surface area contributed by atoms with Crippen molar-refractivity contribution < 1.29 is 9.59 Å². The van der Waals surface area contributed by atoms with Crippen LogP contribution in [-0.2, 0) is 17.6 Å². The lowest BCUT2D eigenvalue weighted by atomic mass is 9.95. The number of anilines is 1. The lowest BCUT2D eigenvalue weighted by molar-refractivity contribution is -0.131. The number of amides is 2. The van der Waals surface area contributed by atoms with Gasteiger partial charge < -0.3 is 15.1 Å². The zero-order chi connectivity index (χ0) is 19.3. The first-order valence-corrected chi connectivity index (χ1v) is 11.1. The molecule has 2 aliphatic rings. The number of para-hydroxylation sites is 1. The van der Waals surface area contributed by atoms with Gasteiger partial charge in [-0.1, -0.05) is 18.2 Å². The minimum Gasteiger partial charge on any atom is -0.368 e. The third-order valence-corrected chi connectivity index (χ3v) is 6.77. The smallest absolute Gasteiger partial charge is 0.252 e. The monoisotopic (exact) mass is 397 g/mol. The van der Waals surface area contributed by atoms with Crippen molar-refractivity contribution in [2.24, 2.45) is 0 Å². The van der Waals surface area contributed by atoms with E-state index in [2.05, 4.69) is 22.3 Å². The Kier molecular flexibility index (Phi) is 5.95. The quantitative estimate of drug-likeness (QED) is 0.844. The summed E-state index contributed by atoms with van der Waals surface area (Å²) in [5.41, 5.74) is 3.27. The van der Waals surface area contributed by atoms with Crippen molar-refractivity contribution in [2.45, 2.75) is 32.1 Å². The van der Waals surface area contributed by atoms with E-state index in [0.717, 1.165) is 51.0 Å². The van der Waals surface area contributed by atoms with Crippen LogP contribution in [0.5, 0.6) is 0 Å². The fourth-order valence-electron chi connectivity index (χ4n) is 4.07. The number of nitrogens with one attached hydrogen (secondary N) is 1. The number of hydrogen-bond acceptors (Lipinski definition) is 4. The summed E-state index contributed by atoms with van der Waals surface area (Å²) in [6.07, 6.45) is 4.86. The Hall–Kier alpha value is -2.34. The lowest BCUT2D eigenvalue weighted by Gasteiger charge is -2.36. The van der Waals surface area contributed by atoms with E-state index in [1.165, 1.54) is 22.5 Å². The summed E-state index contributed by atoms with van der Waals surface area (Å²) in [5, 5.41) is 4.93. The van der Waals surface area contributed by atoms with E-state index in [-0.39, 0.29) is 11.8 Å². The number of piperazine rings is 1. The summed E-state index contributed by atoms with van der Waals surface area (Å²) in [7, 11) is 0. The molecule has 0 unspecified atom stereocenters. The third-order valence-electron chi connectivity index (χ3n) is 5.68. The maximum absolute atomic E-state index is 12.5. The molecule has 0 radical (unpaired) electrons. The molecule has 1 fully saturated rings. The van der Waals surface area contributed by atoms with Gasteiger partial charge in [-0.15, -0.1) is 11.3 Å². The summed E-state index contributed by atoms with van der Waals surface area (Å²) in [5.74, 6) is 0.0986.